The predicted molar refractivity (Wildman–Crippen MR) is 84.7 cm³/mol. The first-order chi connectivity index (χ1) is 10.8. The van der Waals surface area contributed by atoms with Crippen molar-refractivity contribution in [2.75, 3.05) is 7.05 Å². The summed E-state index contributed by atoms with van der Waals surface area (Å²) in [4.78, 5) is 24.4. The summed E-state index contributed by atoms with van der Waals surface area (Å²) in [5, 5.41) is 10.8. The van der Waals surface area contributed by atoms with E-state index in [1.165, 1.54) is 35.2 Å². The van der Waals surface area contributed by atoms with Crippen LogP contribution in [0, 0.1) is 22.9 Å². The van der Waals surface area contributed by atoms with E-state index in [1.807, 2.05) is 6.92 Å². The Labute approximate surface area is 133 Å². The quantitative estimate of drug-likeness (QED) is 0.635. The molecule has 120 valence electrons. The molecule has 2 rings (SSSR count). The van der Waals surface area contributed by atoms with E-state index in [0.717, 1.165) is 5.56 Å². The summed E-state index contributed by atoms with van der Waals surface area (Å²) in [5.74, 6) is -0.583. The molecule has 0 aliphatic heterocycles. The van der Waals surface area contributed by atoms with Crippen LogP contribution in [0.5, 0.6) is 0 Å². The summed E-state index contributed by atoms with van der Waals surface area (Å²) in [7, 11) is 1.65. The molecule has 0 saturated heterocycles. The molecule has 2 aromatic rings. The van der Waals surface area contributed by atoms with Crippen molar-refractivity contribution in [1.29, 1.82) is 0 Å². The molecule has 6 heteroatoms. The third-order valence-electron chi connectivity index (χ3n) is 3.89. The molecule has 0 spiro atoms. The Bertz CT molecular complexity index is 744. The van der Waals surface area contributed by atoms with Gasteiger partial charge in [-0.3, -0.25) is 14.9 Å². The molecule has 1 atom stereocenters. The average Bonchev–Trinajstić information content (AvgIpc) is 2.53. The lowest BCUT2D eigenvalue weighted by atomic mass is 10.0. The average molecular weight is 316 g/mol. The molecule has 0 fully saturated rings. The number of amides is 1. The van der Waals surface area contributed by atoms with Crippen molar-refractivity contribution >= 4 is 11.6 Å². The summed E-state index contributed by atoms with van der Waals surface area (Å²) >= 11 is 0. The van der Waals surface area contributed by atoms with E-state index in [-0.39, 0.29) is 23.5 Å². The Morgan fingerprint density at radius 3 is 2.35 bits per heavy atom. The molecule has 1 amide bonds. The first-order valence-corrected chi connectivity index (χ1v) is 7.09. The second-order valence-electron chi connectivity index (χ2n) is 5.40. The van der Waals surface area contributed by atoms with Gasteiger partial charge >= 0.3 is 0 Å². The van der Waals surface area contributed by atoms with Gasteiger partial charge in [-0.05, 0) is 43.7 Å². The van der Waals surface area contributed by atoms with Gasteiger partial charge in [-0.1, -0.05) is 12.1 Å². The lowest BCUT2D eigenvalue weighted by molar-refractivity contribution is -0.385. The van der Waals surface area contributed by atoms with Crippen LogP contribution in [0.2, 0.25) is 0 Å². The minimum Gasteiger partial charge on any atom is -0.335 e. The first kappa shape index (κ1) is 16.6. The van der Waals surface area contributed by atoms with Gasteiger partial charge in [0, 0.05) is 24.2 Å². The van der Waals surface area contributed by atoms with Gasteiger partial charge in [0.15, 0.2) is 0 Å². The minimum atomic E-state index is -0.478. The van der Waals surface area contributed by atoms with Crippen LogP contribution in [0.15, 0.2) is 42.5 Å². The highest BCUT2D eigenvalue weighted by atomic mass is 19.1. The van der Waals surface area contributed by atoms with Crippen molar-refractivity contribution in [3.05, 3.63) is 75.1 Å². The SMILES string of the molecule is Cc1cc(C(=O)N(C)C(C)c2ccc(F)cc2)ccc1[N+](=O)[O-]. The topological polar surface area (TPSA) is 63.5 Å². The summed E-state index contributed by atoms with van der Waals surface area (Å²) in [6, 6.07) is 9.99. The van der Waals surface area contributed by atoms with Crippen molar-refractivity contribution in [2.45, 2.75) is 19.9 Å². The molecule has 0 heterocycles. The van der Waals surface area contributed by atoms with Crippen molar-refractivity contribution in [3.8, 4) is 0 Å². The summed E-state index contributed by atoms with van der Waals surface area (Å²) in [6.45, 7) is 3.43. The molecule has 0 radical (unpaired) electrons. The fraction of sp³-hybridized carbons (Fsp3) is 0.235. The van der Waals surface area contributed by atoms with Gasteiger partial charge in [0.2, 0.25) is 0 Å². The molecular weight excluding hydrogens is 299 g/mol. The van der Waals surface area contributed by atoms with Crippen molar-refractivity contribution in [3.63, 3.8) is 0 Å². The van der Waals surface area contributed by atoms with Gasteiger partial charge in [0.25, 0.3) is 11.6 Å². The summed E-state index contributed by atoms with van der Waals surface area (Å²) < 4.78 is 13.0. The Morgan fingerprint density at radius 2 is 1.83 bits per heavy atom. The van der Waals surface area contributed by atoms with E-state index in [2.05, 4.69) is 0 Å². The normalized spacial score (nSPS) is 11.8. The van der Waals surface area contributed by atoms with Crippen LogP contribution in [-0.4, -0.2) is 22.8 Å². The Hall–Kier alpha value is -2.76. The van der Waals surface area contributed by atoms with E-state index in [1.54, 1.807) is 26.1 Å². The number of carbonyl (C=O) groups excluding carboxylic acids is 1. The molecule has 2 aromatic carbocycles. The Kier molecular flexibility index (Phi) is 4.74. The summed E-state index contributed by atoms with van der Waals surface area (Å²) in [5.41, 5.74) is 1.60. The highest BCUT2D eigenvalue weighted by Crippen LogP contribution is 2.23. The Morgan fingerprint density at radius 1 is 1.22 bits per heavy atom. The molecule has 23 heavy (non-hydrogen) atoms. The van der Waals surface area contributed by atoms with E-state index in [4.69, 9.17) is 0 Å². The molecule has 5 nitrogen and oxygen atoms in total. The predicted octanol–water partition coefficient (Wildman–Crippen LogP) is 3.88. The second-order valence-corrected chi connectivity index (χ2v) is 5.40. The number of rotatable bonds is 4. The monoisotopic (exact) mass is 316 g/mol. The molecule has 0 aliphatic carbocycles. The highest BCUT2D eigenvalue weighted by Gasteiger charge is 2.21. The van der Waals surface area contributed by atoms with Crippen molar-refractivity contribution < 1.29 is 14.1 Å². The molecule has 0 aromatic heterocycles. The van der Waals surface area contributed by atoms with Crippen LogP contribution in [0.3, 0.4) is 0 Å². The number of aryl methyl sites for hydroxylation is 1. The minimum absolute atomic E-state index is 0.0178. The van der Waals surface area contributed by atoms with Crippen LogP contribution in [0.1, 0.15) is 34.5 Å². The number of carbonyl (C=O) groups is 1. The van der Waals surface area contributed by atoms with Gasteiger partial charge in [0.05, 0.1) is 11.0 Å². The number of hydrogen-bond acceptors (Lipinski definition) is 3. The van der Waals surface area contributed by atoms with Gasteiger partial charge in [-0.15, -0.1) is 0 Å². The maximum absolute atomic E-state index is 13.0. The number of nitro benzene ring substituents is 1. The summed E-state index contributed by atoms with van der Waals surface area (Å²) in [6.07, 6.45) is 0. The molecule has 0 bridgehead atoms. The largest absolute Gasteiger partial charge is 0.335 e. The lowest BCUT2D eigenvalue weighted by Crippen LogP contribution is -2.29. The zero-order valence-electron chi connectivity index (χ0n) is 13.1. The van der Waals surface area contributed by atoms with Crippen molar-refractivity contribution in [1.82, 2.24) is 4.90 Å². The molecular formula is C17H17FN2O3. The van der Waals surface area contributed by atoms with Crippen LogP contribution in [0.25, 0.3) is 0 Å². The van der Waals surface area contributed by atoms with Gasteiger partial charge in [0.1, 0.15) is 5.82 Å². The Balaban J connectivity index is 2.23. The molecule has 0 N–H and O–H groups in total. The van der Waals surface area contributed by atoms with Crippen LogP contribution >= 0.6 is 0 Å². The van der Waals surface area contributed by atoms with E-state index in [9.17, 15) is 19.3 Å². The van der Waals surface area contributed by atoms with E-state index >= 15 is 0 Å². The second kappa shape index (κ2) is 6.56. The van der Waals surface area contributed by atoms with Crippen molar-refractivity contribution in [2.24, 2.45) is 0 Å². The number of nitro groups is 1. The van der Waals surface area contributed by atoms with Crippen LogP contribution in [-0.2, 0) is 0 Å². The first-order valence-electron chi connectivity index (χ1n) is 7.09. The smallest absolute Gasteiger partial charge is 0.272 e. The fourth-order valence-electron chi connectivity index (χ4n) is 2.34. The van der Waals surface area contributed by atoms with E-state index in [0.29, 0.717) is 11.1 Å². The van der Waals surface area contributed by atoms with Crippen LogP contribution in [0.4, 0.5) is 10.1 Å². The number of benzene rings is 2. The third-order valence-corrected chi connectivity index (χ3v) is 3.89. The zero-order chi connectivity index (χ0) is 17.1. The zero-order valence-corrected chi connectivity index (χ0v) is 13.1. The lowest BCUT2D eigenvalue weighted by Gasteiger charge is -2.25. The molecule has 0 aliphatic rings. The number of nitrogens with zero attached hydrogens (tertiary/aromatic N) is 2. The third kappa shape index (κ3) is 3.53. The number of halogens is 1. The molecule has 1 unspecified atom stereocenters. The van der Waals surface area contributed by atoms with Gasteiger partial charge < -0.3 is 4.90 Å². The maximum Gasteiger partial charge on any atom is 0.272 e. The highest BCUT2D eigenvalue weighted by molar-refractivity contribution is 5.94. The van der Waals surface area contributed by atoms with Gasteiger partial charge in [-0.25, -0.2) is 4.39 Å². The van der Waals surface area contributed by atoms with Gasteiger partial charge in [-0.2, -0.15) is 0 Å². The molecule has 0 saturated carbocycles. The fourth-order valence-corrected chi connectivity index (χ4v) is 2.34. The van der Waals surface area contributed by atoms with Crippen LogP contribution < -0.4 is 0 Å². The number of hydrogen-bond donors (Lipinski definition) is 0. The van der Waals surface area contributed by atoms with E-state index < -0.39 is 4.92 Å². The standard InChI is InChI=1S/C17H17FN2O3/c1-11-10-14(6-9-16(11)20(22)23)17(21)19(3)12(2)13-4-7-15(18)8-5-13/h4-10,12H,1-3H3. The maximum atomic E-state index is 13.0.